The van der Waals surface area contributed by atoms with Crippen molar-refractivity contribution in [2.75, 3.05) is 6.54 Å². The highest BCUT2D eigenvalue weighted by Gasteiger charge is 2.34. The van der Waals surface area contributed by atoms with Crippen molar-refractivity contribution in [3.63, 3.8) is 0 Å². The quantitative estimate of drug-likeness (QED) is 0.511. The van der Waals surface area contributed by atoms with Crippen LogP contribution in [0, 0.1) is 5.92 Å². The first-order valence-electron chi connectivity index (χ1n) is 11.1. The number of aromatic nitrogens is 4. The molecule has 3 heterocycles. The highest BCUT2D eigenvalue weighted by atomic mass is 35.5. The highest BCUT2D eigenvalue weighted by Crippen LogP contribution is 2.37. The van der Waals surface area contributed by atoms with Gasteiger partial charge in [-0.3, -0.25) is 9.59 Å². The third-order valence-corrected chi connectivity index (χ3v) is 6.58. The minimum Gasteiger partial charge on any atom is -0.471 e. The van der Waals surface area contributed by atoms with E-state index in [0.717, 1.165) is 25.7 Å². The van der Waals surface area contributed by atoms with Gasteiger partial charge >= 0.3 is 0 Å². The van der Waals surface area contributed by atoms with Crippen LogP contribution in [0.5, 0.6) is 5.88 Å². The van der Waals surface area contributed by atoms with Crippen LogP contribution in [0.15, 0.2) is 48.9 Å². The molecule has 0 radical (unpaired) electrons. The summed E-state index contributed by atoms with van der Waals surface area (Å²) in [4.78, 5) is 33.6. The standard InChI is InChI=1S/C24H24ClN5O3/c1-15-6-9-17(33-23-21(25)19(10-11-26-23)22(31)16-7-8-16)14-29(15)24(32)18-4-2-3-5-20(18)30-27-12-13-28-30/h2-5,10-13,15-17H,6-9,14H2,1H3/t15-,17?/m1/s1. The summed E-state index contributed by atoms with van der Waals surface area (Å²) in [6.07, 6.45) is 7.76. The van der Waals surface area contributed by atoms with Crippen molar-refractivity contribution in [3.8, 4) is 11.6 Å². The van der Waals surface area contributed by atoms with Gasteiger partial charge in [0.05, 0.1) is 30.2 Å². The molecule has 1 aliphatic carbocycles. The number of benzene rings is 1. The predicted octanol–water partition coefficient (Wildman–Crippen LogP) is 3.98. The number of ketones is 1. The van der Waals surface area contributed by atoms with Crippen LogP contribution < -0.4 is 4.74 Å². The van der Waals surface area contributed by atoms with E-state index in [9.17, 15) is 9.59 Å². The maximum atomic E-state index is 13.5. The number of para-hydroxylation sites is 1. The summed E-state index contributed by atoms with van der Waals surface area (Å²) in [6.45, 7) is 2.42. The first-order chi connectivity index (χ1) is 16.0. The van der Waals surface area contributed by atoms with Gasteiger partial charge in [0.2, 0.25) is 5.88 Å². The van der Waals surface area contributed by atoms with E-state index in [-0.39, 0.29) is 40.7 Å². The Labute approximate surface area is 196 Å². The molecule has 1 amide bonds. The summed E-state index contributed by atoms with van der Waals surface area (Å²) >= 11 is 6.49. The molecule has 2 aromatic heterocycles. The maximum absolute atomic E-state index is 13.5. The van der Waals surface area contributed by atoms with Gasteiger partial charge in [-0.25, -0.2) is 4.98 Å². The molecule has 2 atom stereocenters. The number of pyridine rings is 1. The van der Waals surface area contributed by atoms with Crippen molar-refractivity contribution in [1.29, 1.82) is 0 Å². The van der Waals surface area contributed by atoms with Crippen molar-refractivity contribution < 1.29 is 14.3 Å². The lowest BCUT2D eigenvalue weighted by Crippen LogP contribution is -2.49. The predicted molar refractivity (Wildman–Crippen MR) is 122 cm³/mol. The Morgan fingerprint density at radius 2 is 1.76 bits per heavy atom. The second kappa shape index (κ2) is 8.94. The van der Waals surface area contributed by atoms with Crippen LogP contribution in [0.4, 0.5) is 0 Å². The van der Waals surface area contributed by atoms with Crippen molar-refractivity contribution in [2.45, 2.75) is 44.8 Å². The second-order valence-corrected chi connectivity index (χ2v) is 8.95. The summed E-state index contributed by atoms with van der Waals surface area (Å²) in [7, 11) is 0. The van der Waals surface area contributed by atoms with Gasteiger partial charge in [-0.15, -0.1) is 0 Å². The average molecular weight is 466 g/mol. The number of hydrogen-bond donors (Lipinski definition) is 0. The monoisotopic (exact) mass is 465 g/mol. The molecule has 0 spiro atoms. The number of rotatable bonds is 6. The Balaban J connectivity index is 1.35. The minimum absolute atomic E-state index is 0.0437. The minimum atomic E-state index is -0.281. The summed E-state index contributed by atoms with van der Waals surface area (Å²) in [5.74, 6) is 0.243. The SMILES string of the molecule is C[C@@H]1CCC(Oc2nccc(C(=O)C3CC3)c2Cl)CN1C(=O)c1ccccc1-n1nccn1. The molecule has 170 valence electrons. The Kier molecular flexibility index (Phi) is 5.85. The smallest absolute Gasteiger partial charge is 0.256 e. The molecule has 5 rings (SSSR count). The van der Waals surface area contributed by atoms with Gasteiger partial charge in [-0.2, -0.15) is 15.0 Å². The Morgan fingerprint density at radius 1 is 1.00 bits per heavy atom. The zero-order valence-corrected chi connectivity index (χ0v) is 19.0. The summed E-state index contributed by atoms with van der Waals surface area (Å²) in [5.41, 5.74) is 1.61. The molecule has 2 fully saturated rings. The summed E-state index contributed by atoms with van der Waals surface area (Å²) in [6, 6.07) is 8.97. The van der Waals surface area contributed by atoms with Gasteiger partial charge in [0, 0.05) is 23.7 Å². The number of Topliss-reactive ketones (excluding diaryl/α,β-unsaturated/α-hetero) is 1. The molecule has 1 aromatic carbocycles. The number of carbonyl (C=O) groups is 2. The molecule has 1 saturated heterocycles. The Hall–Kier alpha value is -3.26. The third kappa shape index (κ3) is 4.35. The summed E-state index contributed by atoms with van der Waals surface area (Å²) < 4.78 is 6.13. The molecule has 2 aliphatic rings. The fourth-order valence-electron chi connectivity index (χ4n) is 4.20. The Morgan fingerprint density at radius 3 is 2.52 bits per heavy atom. The highest BCUT2D eigenvalue weighted by molar-refractivity contribution is 6.35. The van der Waals surface area contributed by atoms with Gasteiger partial charge in [0.25, 0.3) is 5.91 Å². The first-order valence-corrected chi connectivity index (χ1v) is 11.5. The van der Waals surface area contributed by atoms with Gasteiger partial charge in [-0.05, 0) is 50.8 Å². The number of carbonyl (C=O) groups excluding carboxylic acids is 2. The lowest BCUT2D eigenvalue weighted by atomic mass is 9.99. The van der Waals surface area contributed by atoms with Gasteiger partial charge in [-0.1, -0.05) is 23.7 Å². The normalized spacial score (nSPS) is 20.5. The zero-order chi connectivity index (χ0) is 22.9. The fourth-order valence-corrected chi connectivity index (χ4v) is 4.45. The molecule has 1 saturated carbocycles. The summed E-state index contributed by atoms with van der Waals surface area (Å²) in [5, 5.41) is 8.60. The van der Waals surface area contributed by atoms with Crippen molar-refractivity contribution >= 4 is 23.3 Å². The fraction of sp³-hybridized carbons (Fsp3) is 0.375. The number of ether oxygens (including phenoxy) is 1. The largest absolute Gasteiger partial charge is 0.471 e. The van der Waals surface area contributed by atoms with Gasteiger partial charge in [0.15, 0.2) is 5.78 Å². The number of nitrogens with zero attached hydrogens (tertiary/aromatic N) is 5. The van der Waals surface area contributed by atoms with Gasteiger partial charge in [0.1, 0.15) is 11.1 Å². The molecular formula is C24H24ClN5O3. The van der Waals surface area contributed by atoms with Crippen LogP contribution in [0.2, 0.25) is 5.02 Å². The van der Waals surface area contributed by atoms with E-state index in [1.54, 1.807) is 30.7 Å². The molecule has 9 heteroatoms. The molecule has 1 unspecified atom stereocenters. The molecule has 0 N–H and O–H groups in total. The molecule has 3 aromatic rings. The van der Waals surface area contributed by atoms with Crippen molar-refractivity contribution in [3.05, 3.63) is 65.1 Å². The van der Waals surface area contributed by atoms with E-state index in [2.05, 4.69) is 15.2 Å². The van der Waals surface area contributed by atoms with Crippen LogP contribution in [0.25, 0.3) is 5.69 Å². The lowest BCUT2D eigenvalue weighted by molar-refractivity contribution is 0.0373. The number of likely N-dealkylation sites (tertiary alicyclic amines) is 1. The molecule has 8 nitrogen and oxygen atoms in total. The molecule has 1 aliphatic heterocycles. The molecule has 33 heavy (non-hydrogen) atoms. The Bertz CT molecular complexity index is 1180. The lowest BCUT2D eigenvalue weighted by Gasteiger charge is -2.38. The average Bonchev–Trinajstić information content (AvgIpc) is 3.54. The van der Waals surface area contributed by atoms with Crippen molar-refractivity contribution in [2.24, 2.45) is 5.92 Å². The number of hydrogen-bond acceptors (Lipinski definition) is 6. The van der Waals surface area contributed by atoms with E-state index >= 15 is 0 Å². The van der Waals surface area contributed by atoms with Crippen LogP contribution >= 0.6 is 11.6 Å². The van der Waals surface area contributed by atoms with Gasteiger partial charge < -0.3 is 9.64 Å². The van der Waals surface area contributed by atoms with E-state index in [4.69, 9.17) is 16.3 Å². The van der Waals surface area contributed by atoms with Crippen molar-refractivity contribution in [1.82, 2.24) is 24.9 Å². The number of halogens is 1. The number of amides is 1. The van der Waals surface area contributed by atoms with Crippen LogP contribution in [0.3, 0.4) is 0 Å². The topological polar surface area (TPSA) is 90.2 Å². The van der Waals surface area contributed by atoms with Crippen LogP contribution in [-0.4, -0.2) is 55.3 Å². The van der Waals surface area contributed by atoms with E-state index < -0.39 is 0 Å². The number of piperidine rings is 1. The molecule has 0 bridgehead atoms. The van der Waals surface area contributed by atoms with E-state index in [1.165, 1.54) is 4.80 Å². The van der Waals surface area contributed by atoms with E-state index in [1.807, 2.05) is 30.0 Å². The molecular weight excluding hydrogens is 442 g/mol. The second-order valence-electron chi connectivity index (χ2n) is 8.58. The zero-order valence-electron chi connectivity index (χ0n) is 18.2. The van der Waals surface area contributed by atoms with Crippen LogP contribution in [0.1, 0.15) is 53.3 Å². The van der Waals surface area contributed by atoms with E-state index in [0.29, 0.717) is 23.4 Å². The maximum Gasteiger partial charge on any atom is 0.256 e. The third-order valence-electron chi connectivity index (χ3n) is 6.22. The first kappa shape index (κ1) is 21.6. The van der Waals surface area contributed by atoms with Crippen LogP contribution in [-0.2, 0) is 0 Å².